The predicted octanol–water partition coefficient (Wildman–Crippen LogP) is 2.01. The molecule has 0 aliphatic carbocycles. The van der Waals surface area contributed by atoms with E-state index in [4.69, 9.17) is 26.2 Å². The molecule has 1 aromatic rings. The fourth-order valence-corrected chi connectivity index (χ4v) is 1.15. The van der Waals surface area contributed by atoms with Gasteiger partial charge in [-0.3, -0.25) is 0 Å². The van der Waals surface area contributed by atoms with Gasteiger partial charge >= 0.3 is 5.97 Å². The maximum atomic E-state index is 10.8. The summed E-state index contributed by atoms with van der Waals surface area (Å²) in [5, 5.41) is 8.87. The maximum absolute atomic E-state index is 10.8. The molecule has 1 N–H and O–H groups in total. The average Bonchev–Trinajstić information content (AvgIpc) is 2.25. The smallest absolute Gasteiger partial charge is 0.339 e. The molecule has 0 bridgehead atoms. The Hall–Kier alpha value is -1.42. The highest BCUT2D eigenvalue weighted by molar-refractivity contribution is 6.18. The van der Waals surface area contributed by atoms with E-state index in [9.17, 15) is 4.79 Å². The molecule has 0 saturated heterocycles. The molecular weight excluding hydrogens is 220 g/mol. The Kier molecular flexibility index (Phi) is 4.24. The van der Waals surface area contributed by atoms with E-state index in [2.05, 4.69) is 0 Å². The summed E-state index contributed by atoms with van der Waals surface area (Å²) in [7, 11) is 1.50. The largest absolute Gasteiger partial charge is 0.497 e. The molecule has 15 heavy (non-hydrogen) atoms. The van der Waals surface area contributed by atoms with Crippen LogP contribution in [0.25, 0.3) is 0 Å². The third-order valence-corrected chi connectivity index (χ3v) is 1.91. The summed E-state index contributed by atoms with van der Waals surface area (Å²) < 4.78 is 10.2. The molecule has 5 heteroatoms. The number of alkyl halides is 1. The van der Waals surface area contributed by atoms with E-state index in [1.807, 2.05) is 0 Å². The molecule has 0 heterocycles. The summed E-state index contributed by atoms with van der Waals surface area (Å²) in [5.74, 6) is 0.0744. The number of carboxylic acids is 1. The molecule has 0 amide bonds. The number of hydrogen-bond donors (Lipinski definition) is 1. The lowest BCUT2D eigenvalue weighted by Gasteiger charge is -2.09. The van der Waals surface area contributed by atoms with Gasteiger partial charge in [0.05, 0.1) is 13.0 Å². The first-order chi connectivity index (χ1) is 7.19. The molecule has 0 radical (unpaired) electrons. The van der Waals surface area contributed by atoms with Gasteiger partial charge in [0, 0.05) is 6.07 Å². The molecule has 4 nitrogen and oxygen atoms in total. The number of hydrogen-bond acceptors (Lipinski definition) is 3. The number of ether oxygens (including phenoxy) is 2. The first-order valence-corrected chi connectivity index (χ1v) is 4.82. The number of carbonyl (C=O) groups is 1. The van der Waals surface area contributed by atoms with Crippen LogP contribution < -0.4 is 9.47 Å². The van der Waals surface area contributed by atoms with Crippen molar-refractivity contribution in [3.05, 3.63) is 23.8 Å². The molecule has 1 aromatic carbocycles. The van der Waals surface area contributed by atoms with Gasteiger partial charge < -0.3 is 14.6 Å². The van der Waals surface area contributed by atoms with Gasteiger partial charge in [0.15, 0.2) is 0 Å². The van der Waals surface area contributed by atoms with Crippen molar-refractivity contribution in [2.24, 2.45) is 0 Å². The van der Waals surface area contributed by atoms with Crippen molar-refractivity contribution in [3.8, 4) is 11.5 Å². The zero-order valence-electron chi connectivity index (χ0n) is 8.20. The highest BCUT2D eigenvalue weighted by Crippen LogP contribution is 2.24. The Morgan fingerprint density at radius 1 is 1.53 bits per heavy atom. The van der Waals surface area contributed by atoms with Gasteiger partial charge in [-0.25, -0.2) is 4.79 Å². The van der Waals surface area contributed by atoms with Crippen molar-refractivity contribution >= 4 is 17.6 Å². The second kappa shape index (κ2) is 5.46. The average molecular weight is 231 g/mol. The Bertz CT molecular complexity index is 351. The Balaban J connectivity index is 2.99. The van der Waals surface area contributed by atoms with E-state index < -0.39 is 5.97 Å². The van der Waals surface area contributed by atoms with Crippen LogP contribution in [0.3, 0.4) is 0 Å². The van der Waals surface area contributed by atoms with Crippen molar-refractivity contribution in [2.75, 3.05) is 19.6 Å². The second-order valence-corrected chi connectivity index (χ2v) is 3.08. The summed E-state index contributed by atoms with van der Waals surface area (Å²) >= 11 is 5.45. The standard InChI is InChI=1S/C10H11ClO4/c1-14-7-2-3-8(10(12)13)9(6-7)15-5-4-11/h2-3,6H,4-5H2,1H3,(H,12,13). The minimum absolute atomic E-state index is 0.0981. The summed E-state index contributed by atoms with van der Waals surface area (Å²) in [6.07, 6.45) is 0. The predicted molar refractivity (Wildman–Crippen MR) is 56.2 cm³/mol. The molecule has 0 spiro atoms. The lowest BCUT2D eigenvalue weighted by molar-refractivity contribution is 0.0692. The maximum Gasteiger partial charge on any atom is 0.339 e. The summed E-state index contributed by atoms with van der Waals surface area (Å²) in [5.41, 5.74) is 0.0981. The molecule has 0 atom stereocenters. The Labute approximate surface area is 92.4 Å². The zero-order chi connectivity index (χ0) is 11.3. The number of methoxy groups -OCH3 is 1. The van der Waals surface area contributed by atoms with E-state index in [1.165, 1.54) is 19.2 Å². The normalized spacial score (nSPS) is 9.73. The first-order valence-electron chi connectivity index (χ1n) is 4.29. The fraction of sp³-hybridized carbons (Fsp3) is 0.300. The summed E-state index contributed by atoms with van der Waals surface area (Å²) in [6, 6.07) is 4.53. The Morgan fingerprint density at radius 3 is 2.80 bits per heavy atom. The third-order valence-electron chi connectivity index (χ3n) is 1.75. The van der Waals surface area contributed by atoms with Crippen LogP contribution in [0.5, 0.6) is 11.5 Å². The number of carboxylic acid groups (broad SMARTS) is 1. The Morgan fingerprint density at radius 2 is 2.27 bits per heavy atom. The fourth-order valence-electron chi connectivity index (χ4n) is 1.07. The van der Waals surface area contributed by atoms with Crippen LogP contribution in [0.2, 0.25) is 0 Å². The molecule has 0 unspecified atom stereocenters. The number of aromatic carboxylic acids is 1. The zero-order valence-corrected chi connectivity index (χ0v) is 8.95. The third kappa shape index (κ3) is 3.02. The monoisotopic (exact) mass is 230 g/mol. The van der Waals surface area contributed by atoms with Crippen molar-refractivity contribution in [3.63, 3.8) is 0 Å². The molecule has 0 saturated carbocycles. The van der Waals surface area contributed by atoms with Crippen LogP contribution in [0, 0.1) is 0 Å². The van der Waals surface area contributed by atoms with Gasteiger partial charge in [-0.2, -0.15) is 0 Å². The highest BCUT2D eigenvalue weighted by Gasteiger charge is 2.12. The van der Waals surface area contributed by atoms with Crippen molar-refractivity contribution < 1.29 is 19.4 Å². The van der Waals surface area contributed by atoms with E-state index in [0.717, 1.165) is 0 Å². The summed E-state index contributed by atoms with van der Waals surface area (Å²) in [4.78, 5) is 10.8. The van der Waals surface area contributed by atoms with Gasteiger partial charge in [0.2, 0.25) is 0 Å². The highest BCUT2D eigenvalue weighted by atomic mass is 35.5. The minimum Gasteiger partial charge on any atom is -0.497 e. The van der Waals surface area contributed by atoms with E-state index >= 15 is 0 Å². The van der Waals surface area contributed by atoms with Crippen LogP contribution in [-0.2, 0) is 0 Å². The topological polar surface area (TPSA) is 55.8 Å². The molecule has 1 rings (SSSR count). The number of rotatable bonds is 5. The lowest BCUT2D eigenvalue weighted by Crippen LogP contribution is -2.05. The van der Waals surface area contributed by atoms with Crippen LogP contribution in [0.1, 0.15) is 10.4 Å². The molecular formula is C10H11ClO4. The van der Waals surface area contributed by atoms with Gasteiger partial charge in [-0.05, 0) is 12.1 Å². The minimum atomic E-state index is -1.04. The lowest BCUT2D eigenvalue weighted by atomic mass is 10.2. The van der Waals surface area contributed by atoms with Crippen LogP contribution in [0.15, 0.2) is 18.2 Å². The van der Waals surface area contributed by atoms with E-state index in [1.54, 1.807) is 6.07 Å². The van der Waals surface area contributed by atoms with Crippen LogP contribution in [0.4, 0.5) is 0 Å². The number of benzene rings is 1. The van der Waals surface area contributed by atoms with Crippen LogP contribution >= 0.6 is 11.6 Å². The molecule has 82 valence electrons. The van der Waals surface area contributed by atoms with E-state index in [0.29, 0.717) is 11.6 Å². The second-order valence-electron chi connectivity index (χ2n) is 2.70. The molecule has 0 aliphatic heterocycles. The van der Waals surface area contributed by atoms with E-state index in [-0.39, 0.29) is 17.9 Å². The van der Waals surface area contributed by atoms with Crippen molar-refractivity contribution in [1.29, 1.82) is 0 Å². The SMILES string of the molecule is COc1ccc(C(=O)O)c(OCCCl)c1. The molecule has 0 aliphatic rings. The van der Waals surface area contributed by atoms with Crippen molar-refractivity contribution in [1.82, 2.24) is 0 Å². The quantitative estimate of drug-likeness (QED) is 0.787. The number of halogens is 1. The van der Waals surface area contributed by atoms with Gasteiger partial charge in [-0.15, -0.1) is 11.6 Å². The van der Waals surface area contributed by atoms with Crippen LogP contribution in [-0.4, -0.2) is 30.7 Å². The molecule has 0 aromatic heterocycles. The molecule has 0 fully saturated rings. The van der Waals surface area contributed by atoms with Gasteiger partial charge in [-0.1, -0.05) is 0 Å². The van der Waals surface area contributed by atoms with Crippen molar-refractivity contribution in [2.45, 2.75) is 0 Å². The van der Waals surface area contributed by atoms with Gasteiger partial charge in [0.1, 0.15) is 23.7 Å². The van der Waals surface area contributed by atoms with Gasteiger partial charge in [0.25, 0.3) is 0 Å². The summed E-state index contributed by atoms with van der Waals surface area (Å²) in [6.45, 7) is 0.259. The first kappa shape index (κ1) is 11.7.